The van der Waals surface area contributed by atoms with Gasteiger partial charge in [-0.2, -0.15) is 5.48 Å². The zero-order valence-electron chi connectivity index (χ0n) is 11.7. The quantitative estimate of drug-likeness (QED) is 0.734. The second kappa shape index (κ2) is 5.40. The number of carbonyl (C=O) groups is 2. The maximum Gasteiger partial charge on any atom is 0.329 e. The molecule has 0 spiro atoms. The van der Waals surface area contributed by atoms with Gasteiger partial charge < -0.3 is 4.84 Å². The van der Waals surface area contributed by atoms with Crippen molar-refractivity contribution in [2.45, 2.75) is 19.8 Å². The first-order valence-corrected chi connectivity index (χ1v) is 6.80. The molecule has 0 saturated carbocycles. The molecule has 3 rings (SSSR count). The number of carbonyl (C=O) groups excluding carboxylic acids is 2. The molecule has 0 unspecified atom stereocenters. The highest BCUT2D eigenvalue weighted by molar-refractivity contribution is 5.85. The number of hydrogen-bond donors (Lipinski definition) is 1. The molecular weight excluding hydrogens is 266 g/mol. The van der Waals surface area contributed by atoms with Crippen LogP contribution in [-0.4, -0.2) is 11.9 Å². The molecule has 1 amide bonds. The Kier molecular flexibility index (Phi) is 3.44. The third kappa shape index (κ3) is 2.65. The van der Waals surface area contributed by atoms with Crippen LogP contribution < -0.4 is 5.48 Å². The lowest BCUT2D eigenvalue weighted by Gasteiger charge is -2.09. The van der Waals surface area contributed by atoms with Crippen molar-refractivity contribution >= 4 is 11.9 Å². The molecule has 0 aliphatic heterocycles. The average molecular weight is 281 g/mol. The van der Waals surface area contributed by atoms with Crippen LogP contribution in [0.1, 0.15) is 23.6 Å². The van der Waals surface area contributed by atoms with Gasteiger partial charge in [0, 0.05) is 6.92 Å². The summed E-state index contributed by atoms with van der Waals surface area (Å²) in [5.41, 5.74) is 7.93. The molecule has 0 heterocycles. The van der Waals surface area contributed by atoms with Gasteiger partial charge in [-0.05, 0) is 34.2 Å². The molecule has 4 nitrogen and oxygen atoms in total. The molecule has 0 aromatic heterocycles. The Balaban J connectivity index is 1.88. The number of hydroxylamine groups is 1. The largest absolute Gasteiger partial charge is 0.341 e. The van der Waals surface area contributed by atoms with Gasteiger partial charge in [-0.15, -0.1) is 0 Å². The number of nitrogens with one attached hydrogen (secondary N) is 1. The van der Waals surface area contributed by atoms with Crippen molar-refractivity contribution in [2.75, 3.05) is 0 Å². The van der Waals surface area contributed by atoms with E-state index in [0.29, 0.717) is 0 Å². The van der Waals surface area contributed by atoms with E-state index in [1.54, 1.807) is 0 Å². The summed E-state index contributed by atoms with van der Waals surface area (Å²) in [6.45, 7) is 1.25. The highest BCUT2D eigenvalue weighted by atomic mass is 16.7. The molecule has 0 saturated heterocycles. The lowest BCUT2D eigenvalue weighted by atomic mass is 9.97. The van der Waals surface area contributed by atoms with E-state index in [4.69, 9.17) is 0 Å². The Morgan fingerprint density at radius 3 is 2.67 bits per heavy atom. The van der Waals surface area contributed by atoms with Gasteiger partial charge in [0.05, 0.1) is 6.42 Å². The third-order valence-corrected chi connectivity index (χ3v) is 3.56. The molecule has 1 aliphatic carbocycles. The molecule has 4 heteroatoms. The van der Waals surface area contributed by atoms with Crippen LogP contribution in [0.15, 0.2) is 42.5 Å². The van der Waals surface area contributed by atoms with Crippen molar-refractivity contribution in [3.63, 3.8) is 0 Å². The number of amides is 1. The molecule has 0 bridgehead atoms. The molecule has 2 aromatic rings. The second-order valence-corrected chi connectivity index (χ2v) is 5.08. The van der Waals surface area contributed by atoms with Crippen molar-refractivity contribution < 1.29 is 14.4 Å². The van der Waals surface area contributed by atoms with Gasteiger partial charge in [-0.3, -0.25) is 9.59 Å². The lowest BCUT2D eigenvalue weighted by molar-refractivity contribution is -0.155. The summed E-state index contributed by atoms with van der Waals surface area (Å²) in [5, 5.41) is 0. The zero-order valence-corrected chi connectivity index (χ0v) is 11.7. The van der Waals surface area contributed by atoms with Crippen molar-refractivity contribution in [1.82, 2.24) is 5.48 Å². The summed E-state index contributed by atoms with van der Waals surface area (Å²) in [6, 6.07) is 14.2. The van der Waals surface area contributed by atoms with E-state index in [-0.39, 0.29) is 12.3 Å². The van der Waals surface area contributed by atoms with Crippen molar-refractivity contribution in [1.29, 1.82) is 0 Å². The molecule has 106 valence electrons. The first-order chi connectivity index (χ1) is 10.1. The summed E-state index contributed by atoms with van der Waals surface area (Å²) < 4.78 is 0. The minimum absolute atomic E-state index is 0.185. The maximum absolute atomic E-state index is 11.8. The third-order valence-electron chi connectivity index (χ3n) is 3.56. The molecule has 0 atom stereocenters. The van der Waals surface area contributed by atoms with Crippen molar-refractivity contribution in [3.8, 4) is 11.1 Å². The molecule has 2 aromatic carbocycles. The van der Waals surface area contributed by atoms with Gasteiger partial charge in [0.2, 0.25) is 0 Å². The first-order valence-electron chi connectivity index (χ1n) is 6.80. The Bertz CT molecular complexity index is 722. The molecule has 1 aliphatic rings. The summed E-state index contributed by atoms with van der Waals surface area (Å²) in [4.78, 5) is 27.1. The van der Waals surface area contributed by atoms with E-state index >= 15 is 0 Å². The Hall–Kier alpha value is -2.62. The van der Waals surface area contributed by atoms with E-state index in [2.05, 4.69) is 28.5 Å². The van der Waals surface area contributed by atoms with Gasteiger partial charge in [0.15, 0.2) is 0 Å². The topological polar surface area (TPSA) is 55.4 Å². The minimum Gasteiger partial charge on any atom is -0.341 e. The van der Waals surface area contributed by atoms with Gasteiger partial charge in [-0.25, -0.2) is 0 Å². The van der Waals surface area contributed by atoms with Gasteiger partial charge >= 0.3 is 5.97 Å². The Labute approximate surface area is 122 Å². The second-order valence-electron chi connectivity index (χ2n) is 5.08. The molecule has 1 N–H and O–H groups in total. The summed E-state index contributed by atoms with van der Waals surface area (Å²) in [5.74, 6) is -0.866. The summed E-state index contributed by atoms with van der Waals surface area (Å²) >= 11 is 0. The van der Waals surface area contributed by atoms with Crippen LogP contribution >= 0.6 is 0 Å². The van der Waals surface area contributed by atoms with Crippen LogP contribution in [0.25, 0.3) is 11.1 Å². The molecule has 0 radical (unpaired) electrons. The van der Waals surface area contributed by atoms with E-state index in [9.17, 15) is 9.59 Å². The SMILES string of the molecule is CC(=O)ONC(=O)Cc1cccc2c1-c1ccccc1C2. The fraction of sp³-hybridized carbons (Fsp3) is 0.176. The average Bonchev–Trinajstić information content (AvgIpc) is 2.84. The van der Waals surface area contributed by atoms with Crippen LogP contribution in [0, 0.1) is 0 Å². The summed E-state index contributed by atoms with van der Waals surface area (Å²) in [6.07, 6.45) is 1.08. The number of rotatable bonds is 2. The van der Waals surface area contributed by atoms with Crippen LogP contribution in [0.2, 0.25) is 0 Å². The Morgan fingerprint density at radius 1 is 1.10 bits per heavy atom. The monoisotopic (exact) mass is 281 g/mol. The highest BCUT2D eigenvalue weighted by Gasteiger charge is 2.21. The van der Waals surface area contributed by atoms with Gasteiger partial charge in [-0.1, -0.05) is 42.5 Å². The smallest absolute Gasteiger partial charge is 0.329 e. The van der Waals surface area contributed by atoms with Crippen LogP contribution in [0.5, 0.6) is 0 Å². The zero-order chi connectivity index (χ0) is 14.8. The number of hydrogen-bond acceptors (Lipinski definition) is 3. The lowest BCUT2D eigenvalue weighted by Crippen LogP contribution is -2.27. The van der Waals surface area contributed by atoms with E-state index in [1.165, 1.54) is 23.6 Å². The highest BCUT2D eigenvalue weighted by Crippen LogP contribution is 2.38. The van der Waals surface area contributed by atoms with Crippen LogP contribution in [0.3, 0.4) is 0 Å². The maximum atomic E-state index is 11.8. The normalized spacial score (nSPS) is 11.5. The van der Waals surface area contributed by atoms with Gasteiger partial charge in [0.25, 0.3) is 5.91 Å². The number of fused-ring (bicyclic) bond motifs is 3. The van der Waals surface area contributed by atoms with E-state index < -0.39 is 5.97 Å². The van der Waals surface area contributed by atoms with Crippen LogP contribution in [0.4, 0.5) is 0 Å². The fourth-order valence-corrected chi connectivity index (χ4v) is 2.76. The van der Waals surface area contributed by atoms with E-state index in [0.717, 1.165) is 17.5 Å². The first kappa shape index (κ1) is 13.4. The fourth-order valence-electron chi connectivity index (χ4n) is 2.76. The van der Waals surface area contributed by atoms with Crippen LogP contribution in [-0.2, 0) is 27.3 Å². The summed E-state index contributed by atoms with van der Waals surface area (Å²) in [7, 11) is 0. The van der Waals surface area contributed by atoms with Crippen molar-refractivity contribution in [3.05, 3.63) is 59.2 Å². The molecular formula is C17H15NO3. The van der Waals surface area contributed by atoms with Crippen molar-refractivity contribution in [2.24, 2.45) is 0 Å². The predicted octanol–water partition coefficient (Wildman–Crippen LogP) is 2.39. The standard InChI is InChI=1S/C17H15NO3/c1-11(19)21-18-16(20)10-14-7-4-6-13-9-12-5-2-3-8-15(12)17(13)14/h2-8H,9-10H2,1H3,(H,18,20). The van der Waals surface area contributed by atoms with Gasteiger partial charge in [0.1, 0.15) is 0 Å². The number of benzene rings is 2. The Morgan fingerprint density at radius 2 is 1.86 bits per heavy atom. The molecule has 21 heavy (non-hydrogen) atoms. The molecule has 0 fully saturated rings. The predicted molar refractivity (Wildman–Crippen MR) is 78.3 cm³/mol. The van der Waals surface area contributed by atoms with E-state index in [1.807, 2.05) is 24.3 Å². The minimum atomic E-state index is -0.535.